The van der Waals surface area contributed by atoms with E-state index in [0.29, 0.717) is 5.56 Å². The second-order valence-electron chi connectivity index (χ2n) is 4.23. The van der Waals surface area contributed by atoms with Gasteiger partial charge in [0.25, 0.3) is 5.91 Å². The molecule has 0 saturated heterocycles. The summed E-state index contributed by atoms with van der Waals surface area (Å²) in [4.78, 5) is 16.0. The average Bonchev–Trinajstić information content (AvgIpc) is 2.75. The van der Waals surface area contributed by atoms with Crippen molar-refractivity contribution in [3.05, 3.63) is 38.3 Å². The van der Waals surface area contributed by atoms with Gasteiger partial charge in [-0.25, -0.2) is 13.4 Å². The van der Waals surface area contributed by atoms with E-state index in [9.17, 15) is 13.2 Å². The molecule has 20 heavy (non-hydrogen) atoms. The lowest BCUT2D eigenvalue weighted by Gasteiger charge is -2.04. The molecule has 2 rings (SSSR count). The Morgan fingerprint density at radius 1 is 1.35 bits per heavy atom. The summed E-state index contributed by atoms with van der Waals surface area (Å²) in [6.07, 6.45) is 1.08. The first-order valence-corrected chi connectivity index (χ1v) is 9.35. The Morgan fingerprint density at radius 3 is 2.60 bits per heavy atom. The second-order valence-corrected chi connectivity index (χ2v) is 8.30. The maximum Gasteiger partial charge on any atom is 0.257 e. The molecule has 0 spiro atoms. The molecular formula is C12H11IN2O3S2. The Labute approximate surface area is 134 Å². The lowest BCUT2D eigenvalue weighted by Crippen LogP contribution is -2.12. The molecule has 1 N–H and O–H groups in total. The highest BCUT2D eigenvalue weighted by atomic mass is 127. The molecule has 1 aromatic carbocycles. The van der Waals surface area contributed by atoms with E-state index in [-0.39, 0.29) is 16.1 Å². The molecule has 0 radical (unpaired) electrons. The summed E-state index contributed by atoms with van der Waals surface area (Å²) in [5.41, 5.74) is 1.50. The fourth-order valence-corrected chi connectivity index (χ4v) is 4.08. The summed E-state index contributed by atoms with van der Waals surface area (Å²) >= 11 is 3.22. The predicted octanol–water partition coefficient (Wildman–Crippen LogP) is 2.71. The van der Waals surface area contributed by atoms with E-state index in [1.165, 1.54) is 5.38 Å². The van der Waals surface area contributed by atoms with Gasteiger partial charge in [-0.1, -0.05) is 0 Å². The highest BCUT2D eigenvalue weighted by Crippen LogP contribution is 2.20. The number of sulfone groups is 1. The number of anilines is 1. The van der Waals surface area contributed by atoms with Crippen molar-refractivity contribution in [2.75, 3.05) is 11.6 Å². The Hall–Kier alpha value is -1.000. The predicted molar refractivity (Wildman–Crippen MR) is 87.1 cm³/mol. The minimum atomic E-state index is -3.35. The van der Waals surface area contributed by atoms with Gasteiger partial charge in [0.2, 0.25) is 0 Å². The smallest absolute Gasteiger partial charge is 0.257 e. The van der Waals surface area contributed by atoms with Crippen LogP contribution in [-0.4, -0.2) is 25.6 Å². The molecule has 2 aromatic rings. The van der Waals surface area contributed by atoms with E-state index < -0.39 is 9.84 Å². The fraction of sp³-hybridized carbons (Fsp3) is 0.167. The molecule has 0 saturated carbocycles. The maximum atomic E-state index is 12.1. The number of hydrogen-bond acceptors (Lipinski definition) is 5. The lowest BCUT2D eigenvalue weighted by atomic mass is 10.1. The Balaban J connectivity index is 2.21. The molecule has 8 heteroatoms. The topological polar surface area (TPSA) is 76.1 Å². The Bertz CT molecular complexity index is 749. The van der Waals surface area contributed by atoms with Gasteiger partial charge < -0.3 is 0 Å². The number of carbonyl (C=O) groups is 1. The number of benzene rings is 1. The van der Waals surface area contributed by atoms with Crippen LogP contribution in [0.5, 0.6) is 0 Å². The van der Waals surface area contributed by atoms with Crippen molar-refractivity contribution in [1.82, 2.24) is 4.98 Å². The van der Waals surface area contributed by atoms with Crippen molar-refractivity contribution in [3.8, 4) is 0 Å². The van der Waals surface area contributed by atoms with E-state index >= 15 is 0 Å². The summed E-state index contributed by atoms with van der Waals surface area (Å²) < 4.78 is 23.6. The van der Waals surface area contributed by atoms with Crippen LogP contribution in [-0.2, 0) is 9.84 Å². The van der Waals surface area contributed by atoms with Crippen LogP contribution in [0.1, 0.15) is 15.9 Å². The minimum Gasteiger partial charge on any atom is -0.298 e. The van der Waals surface area contributed by atoms with Crippen molar-refractivity contribution < 1.29 is 13.2 Å². The number of nitrogens with zero attached hydrogens (tertiary/aromatic N) is 1. The van der Waals surface area contributed by atoms with E-state index in [1.807, 2.05) is 13.0 Å². The summed E-state index contributed by atoms with van der Waals surface area (Å²) in [5, 5.41) is 4.25. The normalized spacial score (nSPS) is 11.3. The number of nitrogens with one attached hydrogen (secondary N) is 1. The van der Waals surface area contributed by atoms with Gasteiger partial charge in [0, 0.05) is 20.8 Å². The zero-order chi connectivity index (χ0) is 14.9. The number of aryl methyl sites for hydroxylation is 1. The standard InChI is InChI=1S/C12H11IN2O3S2/c1-7-3-8(5-9(13)4-7)11(16)15-12-14-10(6-19-12)20(2,17)18/h3-6H,1-2H3,(H,14,15,16). The van der Waals surface area contributed by atoms with Crippen LogP contribution in [0, 0.1) is 10.5 Å². The largest absolute Gasteiger partial charge is 0.298 e. The summed E-state index contributed by atoms with van der Waals surface area (Å²) in [5.74, 6) is -0.305. The van der Waals surface area contributed by atoms with Crippen LogP contribution in [0.2, 0.25) is 0 Å². The van der Waals surface area contributed by atoms with Crippen LogP contribution in [0.25, 0.3) is 0 Å². The van der Waals surface area contributed by atoms with E-state index in [1.54, 1.807) is 12.1 Å². The van der Waals surface area contributed by atoms with Crippen LogP contribution < -0.4 is 5.32 Å². The van der Waals surface area contributed by atoms with Crippen LogP contribution in [0.3, 0.4) is 0 Å². The summed E-state index contributed by atoms with van der Waals surface area (Å²) in [7, 11) is -3.35. The quantitative estimate of drug-likeness (QED) is 0.772. The maximum absolute atomic E-state index is 12.1. The van der Waals surface area contributed by atoms with E-state index in [2.05, 4.69) is 32.9 Å². The summed E-state index contributed by atoms with van der Waals surface area (Å²) in [6.45, 7) is 1.91. The zero-order valence-electron chi connectivity index (χ0n) is 10.7. The van der Waals surface area contributed by atoms with E-state index in [4.69, 9.17) is 0 Å². The van der Waals surface area contributed by atoms with Crippen LogP contribution in [0.15, 0.2) is 28.6 Å². The monoisotopic (exact) mass is 422 g/mol. The zero-order valence-corrected chi connectivity index (χ0v) is 14.5. The van der Waals surface area contributed by atoms with Gasteiger partial charge in [-0.2, -0.15) is 0 Å². The van der Waals surface area contributed by atoms with Crippen LogP contribution >= 0.6 is 33.9 Å². The van der Waals surface area contributed by atoms with Crippen molar-refractivity contribution in [1.29, 1.82) is 0 Å². The van der Waals surface area contributed by atoms with Crippen LogP contribution in [0.4, 0.5) is 5.13 Å². The minimum absolute atomic E-state index is 0.0309. The van der Waals surface area contributed by atoms with Gasteiger partial charge in [0.05, 0.1) is 0 Å². The molecule has 1 aromatic heterocycles. The number of thiazole rings is 1. The third-order valence-corrected chi connectivity index (χ3v) is 4.89. The fourth-order valence-electron chi connectivity index (χ4n) is 1.52. The number of halogens is 1. The van der Waals surface area contributed by atoms with Gasteiger partial charge in [-0.05, 0) is 53.3 Å². The molecule has 0 aliphatic rings. The molecule has 0 bridgehead atoms. The third-order valence-electron chi connectivity index (χ3n) is 2.39. The first-order valence-electron chi connectivity index (χ1n) is 5.50. The molecule has 0 unspecified atom stereocenters. The molecule has 106 valence electrons. The number of amides is 1. The van der Waals surface area contributed by atoms with Crippen molar-refractivity contribution in [2.24, 2.45) is 0 Å². The summed E-state index contributed by atoms with van der Waals surface area (Å²) in [6, 6.07) is 5.49. The average molecular weight is 422 g/mol. The van der Waals surface area contributed by atoms with Gasteiger partial charge in [-0.15, -0.1) is 11.3 Å². The lowest BCUT2D eigenvalue weighted by molar-refractivity contribution is 0.102. The Kier molecular flexibility index (Phi) is 4.45. The van der Waals surface area contributed by atoms with Gasteiger partial charge in [0.1, 0.15) is 0 Å². The SMILES string of the molecule is Cc1cc(I)cc(C(=O)Nc2nc(S(C)(=O)=O)cs2)c1. The first kappa shape index (κ1) is 15.4. The molecule has 0 aliphatic heterocycles. The number of carbonyl (C=O) groups excluding carboxylic acids is 1. The number of hydrogen-bond donors (Lipinski definition) is 1. The molecule has 1 amide bonds. The number of aromatic nitrogens is 1. The molecule has 0 fully saturated rings. The van der Waals surface area contributed by atoms with Crippen molar-refractivity contribution >= 4 is 54.8 Å². The highest BCUT2D eigenvalue weighted by Gasteiger charge is 2.14. The molecule has 0 atom stereocenters. The van der Waals surface area contributed by atoms with Crippen molar-refractivity contribution in [2.45, 2.75) is 11.9 Å². The molecule has 5 nitrogen and oxygen atoms in total. The highest BCUT2D eigenvalue weighted by molar-refractivity contribution is 14.1. The third kappa shape index (κ3) is 3.76. The van der Waals surface area contributed by atoms with Crippen molar-refractivity contribution in [3.63, 3.8) is 0 Å². The van der Waals surface area contributed by atoms with E-state index in [0.717, 1.165) is 26.7 Å². The number of rotatable bonds is 3. The first-order chi connectivity index (χ1) is 9.25. The molecular weight excluding hydrogens is 411 g/mol. The molecule has 0 aliphatic carbocycles. The molecule has 1 heterocycles. The van der Waals surface area contributed by atoms with Gasteiger partial charge >= 0.3 is 0 Å². The van der Waals surface area contributed by atoms with Gasteiger partial charge in [0.15, 0.2) is 20.0 Å². The second kappa shape index (κ2) is 5.78. The Morgan fingerprint density at radius 2 is 2.05 bits per heavy atom. The van der Waals surface area contributed by atoms with Gasteiger partial charge in [-0.3, -0.25) is 10.1 Å².